The third-order valence-corrected chi connectivity index (χ3v) is 5.48. The van der Waals surface area contributed by atoms with Gasteiger partial charge in [-0.05, 0) is 37.6 Å². The molecule has 0 spiro atoms. The van der Waals surface area contributed by atoms with Gasteiger partial charge in [-0.1, -0.05) is 24.7 Å². The van der Waals surface area contributed by atoms with Crippen molar-refractivity contribution < 1.29 is 9.53 Å². The van der Waals surface area contributed by atoms with Crippen LogP contribution in [0.4, 0.5) is 0 Å². The average molecular weight is 357 g/mol. The molecule has 0 saturated heterocycles. The topological polar surface area (TPSA) is 46.8 Å². The number of ether oxygens (including phenoxy) is 1. The number of amides is 1. The van der Waals surface area contributed by atoms with E-state index in [1.165, 1.54) is 11.3 Å². The maximum absolute atomic E-state index is 12.6. The fourth-order valence-corrected chi connectivity index (χ4v) is 3.82. The summed E-state index contributed by atoms with van der Waals surface area (Å²) in [5.41, 5.74) is 2.87. The number of fused-ring (bicyclic) bond motifs is 1. The first-order valence-electron chi connectivity index (χ1n) is 8.43. The first-order valence-corrected chi connectivity index (χ1v) is 9.25. The van der Waals surface area contributed by atoms with Crippen molar-refractivity contribution in [1.82, 2.24) is 14.3 Å². The molecule has 0 aliphatic rings. The maximum atomic E-state index is 12.6. The van der Waals surface area contributed by atoms with Gasteiger partial charge < -0.3 is 9.64 Å². The van der Waals surface area contributed by atoms with Gasteiger partial charge in [-0.2, -0.15) is 0 Å². The molecule has 25 heavy (non-hydrogen) atoms. The maximum Gasteiger partial charge on any atom is 0.265 e. The molecule has 3 rings (SSSR count). The molecule has 6 heteroatoms. The fourth-order valence-electron chi connectivity index (χ4n) is 2.72. The molecule has 1 amide bonds. The quantitative estimate of drug-likeness (QED) is 0.662. The third-order valence-electron chi connectivity index (χ3n) is 4.33. The van der Waals surface area contributed by atoms with Crippen LogP contribution in [0.1, 0.15) is 35.1 Å². The lowest BCUT2D eigenvalue weighted by Gasteiger charge is -2.15. The molecular formula is C19H23N3O2S. The Kier molecular flexibility index (Phi) is 5.08. The third kappa shape index (κ3) is 3.39. The predicted octanol–water partition coefficient (Wildman–Crippen LogP) is 4.25. The number of unbranched alkanes of at least 4 members (excludes halogenated alkanes) is 1. The summed E-state index contributed by atoms with van der Waals surface area (Å²) in [6, 6.07) is 7.83. The van der Waals surface area contributed by atoms with E-state index in [4.69, 9.17) is 9.72 Å². The number of rotatable bonds is 6. The number of hydrogen-bond acceptors (Lipinski definition) is 4. The minimum absolute atomic E-state index is 0.0763. The molecule has 0 saturated carbocycles. The second-order valence-electron chi connectivity index (χ2n) is 6.10. The van der Waals surface area contributed by atoms with Crippen molar-refractivity contribution in [3.05, 3.63) is 41.0 Å². The van der Waals surface area contributed by atoms with E-state index in [9.17, 15) is 4.79 Å². The zero-order chi connectivity index (χ0) is 18.0. The Morgan fingerprint density at radius 2 is 2.04 bits per heavy atom. The molecule has 2 heterocycles. The monoisotopic (exact) mass is 357 g/mol. The molecular weight excluding hydrogens is 334 g/mol. The lowest BCUT2D eigenvalue weighted by Crippen LogP contribution is -2.27. The van der Waals surface area contributed by atoms with Crippen LogP contribution in [-0.4, -0.2) is 40.9 Å². The van der Waals surface area contributed by atoms with Crippen LogP contribution < -0.4 is 4.74 Å². The lowest BCUT2D eigenvalue weighted by molar-refractivity contribution is 0.0797. The minimum atomic E-state index is 0.0763. The molecule has 5 nitrogen and oxygen atoms in total. The Morgan fingerprint density at radius 1 is 1.32 bits per heavy atom. The van der Waals surface area contributed by atoms with Crippen LogP contribution >= 0.6 is 11.3 Å². The summed E-state index contributed by atoms with van der Waals surface area (Å²) < 4.78 is 7.20. The van der Waals surface area contributed by atoms with Crippen LogP contribution in [0.3, 0.4) is 0 Å². The number of hydrogen-bond donors (Lipinski definition) is 0. The van der Waals surface area contributed by atoms with Gasteiger partial charge in [0.15, 0.2) is 4.96 Å². The number of carbonyl (C=O) groups is 1. The van der Waals surface area contributed by atoms with Gasteiger partial charge in [-0.3, -0.25) is 9.20 Å². The smallest absolute Gasteiger partial charge is 0.265 e. The molecule has 0 N–H and O–H groups in total. The summed E-state index contributed by atoms with van der Waals surface area (Å²) in [6.45, 7) is 4.89. The Hall–Kier alpha value is -2.34. The van der Waals surface area contributed by atoms with Gasteiger partial charge in [0, 0.05) is 31.0 Å². The van der Waals surface area contributed by atoms with Crippen molar-refractivity contribution in [2.45, 2.75) is 26.7 Å². The van der Waals surface area contributed by atoms with E-state index in [1.807, 2.05) is 48.8 Å². The van der Waals surface area contributed by atoms with Crippen LogP contribution in [0, 0.1) is 6.92 Å². The molecule has 1 aromatic carbocycles. The molecule has 3 aromatic rings. The van der Waals surface area contributed by atoms with Gasteiger partial charge >= 0.3 is 0 Å². The van der Waals surface area contributed by atoms with Gasteiger partial charge in [0.25, 0.3) is 5.91 Å². The van der Waals surface area contributed by atoms with Crippen LogP contribution in [-0.2, 0) is 0 Å². The number of aromatic nitrogens is 2. The van der Waals surface area contributed by atoms with E-state index in [2.05, 4.69) is 6.92 Å². The van der Waals surface area contributed by atoms with Crippen LogP contribution in [0.25, 0.3) is 16.2 Å². The summed E-state index contributed by atoms with van der Waals surface area (Å²) in [6.07, 6.45) is 4.09. The molecule has 0 atom stereocenters. The van der Waals surface area contributed by atoms with Crippen LogP contribution in [0.2, 0.25) is 0 Å². The Labute approximate surface area is 151 Å². The standard InChI is InChI=1S/C19H23N3O2S/c1-5-6-11-21(3)18(23)17-13(2)22-12-16(20-19(22)25-17)14-7-9-15(24-4)10-8-14/h7-10,12H,5-6,11H2,1-4H3. The van der Waals surface area contributed by atoms with Crippen molar-refractivity contribution in [2.24, 2.45) is 0 Å². The van der Waals surface area contributed by atoms with E-state index >= 15 is 0 Å². The van der Waals surface area contributed by atoms with Gasteiger partial charge in [0.05, 0.1) is 12.8 Å². The average Bonchev–Trinajstić information content (AvgIpc) is 3.18. The summed E-state index contributed by atoms with van der Waals surface area (Å²) >= 11 is 1.45. The summed E-state index contributed by atoms with van der Waals surface area (Å²) in [7, 11) is 3.52. The predicted molar refractivity (Wildman–Crippen MR) is 102 cm³/mol. The molecule has 0 radical (unpaired) electrons. The van der Waals surface area contributed by atoms with Gasteiger partial charge in [0.2, 0.25) is 0 Å². The number of benzene rings is 1. The number of thiazole rings is 1. The molecule has 0 bridgehead atoms. The zero-order valence-corrected chi connectivity index (χ0v) is 15.9. The molecule has 2 aromatic heterocycles. The summed E-state index contributed by atoms with van der Waals surface area (Å²) in [5.74, 6) is 0.899. The highest BCUT2D eigenvalue weighted by atomic mass is 32.1. The molecule has 0 aliphatic heterocycles. The van der Waals surface area contributed by atoms with Crippen LogP contribution in [0.15, 0.2) is 30.5 Å². The summed E-state index contributed by atoms with van der Waals surface area (Å²) in [4.78, 5) is 20.7. The van der Waals surface area contributed by atoms with Crippen molar-refractivity contribution >= 4 is 22.2 Å². The summed E-state index contributed by atoms with van der Waals surface area (Å²) in [5, 5.41) is 0. The van der Waals surface area contributed by atoms with E-state index in [-0.39, 0.29) is 5.91 Å². The van der Waals surface area contributed by atoms with E-state index in [1.54, 1.807) is 12.0 Å². The number of nitrogens with zero attached hydrogens (tertiary/aromatic N) is 3. The SMILES string of the molecule is CCCCN(C)C(=O)c1sc2nc(-c3ccc(OC)cc3)cn2c1C. The zero-order valence-electron chi connectivity index (χ0n) is 15.1. The van der Waals surface area contributed by atoms with E-state index in [0.29, 0.717) is 0 Å². The van der Waals surface area contributed by atoms with E-state index in [0.717, 1.165) is 51.9 Å². The van der Waals surface area contributed by atoms with Crippen LogP contribution in [0.5, 0.6) is 5.75 Å². The van der Waals surface area contributed by atoms with Crippen molar-refractivity contribution in [2.75, 3.05) is 20.7 Å². The first-order chi connectivity index (χ1) is 12.0. The van der Waals surface area contributed by atoms with Crippen molar-refractivity contribution in [3.8, 4) is 17.0 Å². The van der Waals surface area contributed by atoms with Crippen molar-refractivity contribution in [3.63, 3.8) is 0 Å². The van der Waals surface area contributed by atoms with Crippen molar-refractivity contribution in [1.29, 1.82) is 0 Å². The number of methoxy groups -OCH3 is 1. The van der Waals surface area contributed by atoms with Gasteiger partial charge in [-0.25, -0.2) is 4.98 Å². The minimum Gasteiger partial charge on any atom is -0.497 e. The number of carbonyl (C=O) groups excluding carboxylic acids is 1. The molecule has 0 unspecified atom stereocenters. The largest absolute Gasteiger partial charge is 0.497 e. The Balaban J connectivity index is 1.89. The molecule has 132 valence electrons. The molecule has 0 aliphatic carbocycles. The first kappa shape index (κ1) is 17.5. The van der Waals surface area contributed by atoms with Gasteiger partial charge in [0.1, 0.15) is 10.6 Å². The Bertz CT molecular complexity index is 880. The number of imidazole rings is 1. The highest BCUT2D eigenvalue weighted by molar-refractivity contribution is 7.19. The molecule has 0 fully saturated rings. The fraction of sp³-hybridized carbons (Fsp3) is 0.368. The normalized spacial score (nSPS) is 11.0. The lowest BCUT2D eigenvalue weighted by atomic mass is 10.2. The van der Waals surface area contributed by atoms with E-state index < -0.39 is 0 Å². The second kappa shape index (κ2) is 7.27. The van der Waals surface area contributed by atoms with Gasteiger partial charge in [-0.15, -0.1) is 0 Å². The highest BCUT2D eigenvalue weighted by Gasteiger charge is 2.20. The number of aryl methyl sites for hydroxylation is 1. The Morgan fingerprint density at radius 3 is 2.64 bits per heavy atom. The second-order valence-corrected chi connectivity index (χ2v) is 7.08. The highest BCUT2D eigenvalue weighted by Crippen LogP contribution is 2.28.